The molecule has 2 amide bonds. The van der Waals surface area contributed by atoms with Crippen LogP contribution >= 0.6 is 11.3 Å². The minimum absolute atomic E-state index is 0.0600. The highest BCUT2D eigenvalue weighted by atomic mass is 32.1. The van der Waals surface area contributed by atoms with Crippen LogP contribution in [0.4, 0.5) is 0 Å². The van der Waals surface area contributed by atoms with Crippen molar-refractivity contribution in [1.29, 1.82) is 0 Å². The van der Waals surface area contributed by atoms with Crippen molar-refractivity contribution in [3.05, 3.63) is 46.3 Å². The lowest BCUT2D eigenvalue weighted by Gasteiger charge is -2.23. The van der Waals surface area contributed by atoms with E-state index in [2.05, 4.69) is 10.3 Å². The highest BCUT2D eigenvalue weighted by molar-refractivity contribution is 7.12. The third-order valence-corrected chi connectivity index (χ3v) is 4.96. The van der Waals surface area contributed by atoms with Gasteiger partial charge >= 0.3 is 0 Å². The van der Waals surface area contributed by atoms with Crippen molar-refractivity contribution in [2.24, 2.45) is 0 Å². The molecular formula is C18H21N3O3S. The lowest BCUT2D eigenvalue weighted by molar-refractivity contribution is -0.125. The van der Waals surface area contributed by atoms with E-state index in [9.17, 15) is 9.59 Å². The van der Waals surface area contributed by atoms with Crippen molar-refractivity contribution in [3.63, 3.8) is 0 Å². The fourth-order valence-electron chi connectivity index (χ4n) is 2.92. The van der Waals surface area contributed by atoms with Crippen LogP contribution < -0.4 is 10.1 Å². The molecule has 2 aromatic heterocycles. The highest BCUT2D eigenvalue weighted by Crippen LogP contribution is 2.22. The minimum Gasteiger partial charge on any atom is -0.478 e. The van der Waals surface area contributed by atoms with E-state index in [1.54, 1.807) is 17.2 Å². The Kier molecular flexibility index (Phi) is 5.65. The second-order valence-corrected chi connectivity index (χ2v) is 6.73. The molecule has 0 bridgehead atoms. The van der Waals surface area contributed by atoms with Crippen molar-refractivity contribution in [2.45, 2.75) is 32.4 Å². The number of likely N-dealkylation sites (tertiary alicyclic amines) is 1. The second kappa shape index (κ2) is 8.11. The molecule has 0 aliphatic carbocycles. The van der Waals surface area contributed by atoms with Crippen LogP contribution in [-0.2, 0) is 11.3 Å². The monoisotopic (exact) mass is 359 g/mol. The number of rotatable bonds is 6. The molecule has 1 fully saturated rings. The van der Waals surface area contributed by atoms with Gasteiger partial charge in [0.2, 0.25) is 11.8 Å². The maximum Gasteiger partial charge on any atom is 0.264 e. The zero-order chi connectivity index (χ0) is 17.6. The van der Waals surface area contributed by atoms with Crippen LogP contribution in [0.15, 0.2) is 35.8 Å². The molecular weight excluding hydrogens is 338 g/mol. The van der Waals surface area contributed by atoms with Gasteiger partial charge in [-0.1, -0.05) is 6.07 Å². The van der Waals surface area contributed by atoms with E-state index < -0.39 is 6.04 Å². The topological polar surface area (TPSA) is 71.5 Å². The summed E-state index contributed by atoms with van der Waals surface area (Å²) in [6.45, 7) is 3.46. The molecule has 1 atom stereocenters. The van der Waals surface area contributed by atoms with Gasteiger partial charge in [-0.05, 0) is 42.8 Å². The zero-order valence-corrected chi connectivity index (χ0v) is 14.9. The quantitative estimate of drug-likeness (QED) is 0.860. The summed E-state index contributed by atoms with van der Waals surface area (Å²) in [4.78, 5) is 31.6. The van der Waals surface area contributed by atoms with Crippen LogP contribution in [0, 0.1) is 0 Å². The van der Waals surface area contributed by atoms with Crippen LogP contribution in [0.1, 0.15) is 35.0 Å². The summed E-state index contributed by atoms with van der Waals surface area (Å²) in [6, 6.07) is 6.90. The molecule has 25 heavy (non-hydrogen) atoms. The van der Waals surface area contributed by atoms with Crippen molar-refractivity contribution in [3.8, 4) is 5.88 Å². The molecule has 0 radical (unpaired) electrons. The number of hydrogen-bond acceptors (Lipinski definition) is 5. The lowest BCUT2D eigenvalue weighted by Crippen LogP contribution is -2.45. The second-order valence-electron chi connectivity index (χ2n) is 5.79. The van der Waals surface area contributed by atoms with Crippen LogP contribution in [0.25, 0.3) is 0 Å². The molecule has 132 valence electrons. The van der Waals surface area contributed by atoms with Gasteiger partial charge in [0, 0.05) is 25.4 Å². The molecule has 0 spiro atoms. The number of amides is 2. The molecule has 0 saturated carbocycles. The minimum atomic E-state index is -0.400. The number of aromatic nitrogens is 1. The first-order valence-electron chi connectivity index (χ1n) is 8.39. The molecule has 0 unspecified atom stereocenters. The van der Waals surface area contributed by atoms with Gasteiger partial charge in [-0.2, -0.15) is 0 Å². The van der Waals surface area contributed by atoms with E-state index in [0.717, 1.165) is 12.0 Å². The van der Waals surface area contributed by atoms with E-state index in [-0.39, 0.29) is 11.8 Å². The summed E-state index contributed by atoms with van der Waals surface area (Å²) in [7, 11) is 0. The maximum atomic E-state index is 12.6. The van der Waals surface area contributed by atoms with Crippen molar-refractivity contribution in [1.82, 2.24) is 15.2 Å². The van der Waals surface area contributed by atoms with E-state index >= 15 is 0 Å². The zero-order valence-electron chi connectivity index (χ0n) is 14.1. The average Bonchev–Trinajstić information content (AvgIpc) is 3.31. The molecule has 0 aromatic carbocycles. The number of ether oxygens (including phenoxy) is 1. The molecule has 1 aliphatic heterocycles. The van der Waals surface area contributed by atoms with Gasteiger partial charge in [-0.15, -0.1) is 11.3 Å². The number of carbonyl (C=O) groups excluding carboxylic acids is 2. The Morgan fingerprint density at radius 1 is 1.44 bits per heavy atom. The van der Waals surface area contributed by atoms with Crippen molar-refractivity contribution in [2.75, 3.05) is 13.2 Å². The molecule has 3 heterocycles. The molecule has 1 aliphatic rings. The number of carbonyl (C=O) groups is 2. The SMILES string of the molecule is CCOc1cc(CNC(=O)[C@@H]2CCCN2C(=O)c2cccs2)ccn1. The fourth-order valence-corrected chi connectivity index (χ4v) is 3.60. The molecule has 1 N–H and O–H groups in total. The molecule has 1 saturated heterocycles. The maximum absolute atomic E-state index is 12.6. The van der Waals surface area contributed by atoms with Crippen LogP contribution in [0.3, 0.4) is 0 Å². The predicted octanol–water partition coefficient (Wildman–Crippen LogP) is 2.46. The van der Waals surface area contributed by atoms with Crippen molar-refractivity contribution < 1.29 is 14.3 Å². The lowest BCUT2D eigenvalue weighted by atomic mass is 10.2. The summed E-state index contributed by atoms with van der Waals surface area (Å²) < 4.78 is 5.37. The summed E-state index contributed by atoms with van der Waals surface area (Å²) in [6.07, 6.45) is 3.21. The van der Waals surface area contributed by atoms with Gasteiger partial charge in [-0.3, -0.25) is 9.59 Å². The predicted molar refractivity (Wildman–Crippen MR) is 95.6 cm³/mol. The first-order chi connectivity index (χ1) is 12.2. The number of thiophene rings is 1. The smallest absolute Gasteiger partial charge is 0.264 e. The molecule has 7 heteroatoms. The Hall–Kier alpha value is -2.41. The Labute approximate surface area is 150 Å². The van der Waals surface area contributed by atoms with E-state index in [1.807, 2.05) is 30.5 Å². The summed E-state index contributed by atoms with van der Waals surface area (Å²) in [5, 5.41) is 4.80. The Balaban J connectivity index is 1.60. The van der Waals surface area contributed by atoms with Gasteiger partial charge in [0.05, 0.1) is 11.5 Å². The highest BCUT2D eigenvalue weighted by Gasteiger charge is 2.34. The van der Waals surface area contributed by atoms with Gasteiger partial charge in [-0.25, -0.2) is 4.98 Å². The average molecular weight is 359 g/mol. The summed E-state index contributed by atoms with van der Waals surface area (Å²) >= 11 is 1.40. The van der Waals surface area contributed by atoms with Gasteiger partial charge in [0.25, 0.3) is 5.91 Å². The van der Waals surface area contributed by atoms with Crippen LogP contribution in [0.5, 0.6) is 5.88 Å². The van der Waals surface area contributed by atoms with E-state index in [1.165, 1.54) is 11.3 Å². The number of nitrogens with zero attached hydrogens (tertiary/aromatic N) is 2. The third kappa shape index (κ3) is 4.17. The molecule has 2 aromatic rings. The molecule has 3 rings (SSSR count). The number of pyridine rings is 1. The van der Waals surface area contributed by atoms with E-state index in [0.29, 0.717) is 36.9 Å². The first-order valence-corrected chi connectivity index (χ1v) is 9.27. The number of hydrogen-bond donors (Lipinski definition) is 1. The van der Waals surface area contributed by atoms with Crippen LogP contribution in [-0.4, -0.2) is 40.9 Å². The standard InChI is InChI=1S/C18H21N3O3S/c1-2-24-16-11-13(7-8-19-16)12-20-17(22)14-5-3-9-21(14)18(23)15-6-4-10-25-15/h4,6-8,10-11,14H,2-3,5,9,12H2,1H3,(H,20,22)/t14-/m0/s1. The summed E-state index contributed by atoms with van der Waals surface area (Å²) in [5.74, 6) is 0.372. The van der Waals surface area contributed by atoms with Crippen LogP contribution in [0.2, 0.25) is 0 Å². The number of nitrogens with one attached hydrogen (secondary N) is 1. The normalized spacial score (nSPS) is 16.7. The first kappa shape index (κ1) is 17.4. The largest absolute Gasteiger partial charge is 0.478 e. The van der Waals surface area contributed by atoms with Gasteiger partial charge in [0.15, 0.2) is 0 Å². The molecule has 6 nitrogen and oxygen atoms in total. The Morgan fingerprint density at radius 3 is 3.08 bits per heavy atom. The summed E-state index contributed by atoms with van der Waals surface area (Å²) in [5.41, 5.74) is 0.918. The Morgan fingerprint density at radius 2 is 2.32 bits per heavy atom. The van der Waals surface area contributed by atoms with E-state index in [4.69, 9.17) is 4.74 Å². The van der Waals surface area contributed by atoms with Gasteiger partial charge < -0.3 is 15.0 Å². The Bertz CT molecular complexity index is 733. The fraction of sp³-hybridized carbons (Fsp3) is 0.389. The van der Waals surface area contributed by atoms with Crippen molar-refractivity contribution >= 4 is 23.2 Å². The van der Waals surface area contributed by atoms with Gasteiger partial charge in [0.1, 0.15) is 6.04 Å². The third-order valence-electron chi connectivity index (χ3n) is 4.11.